The molecule has 1 atom stereocenters. The molecule has 3 rings (SSSR count). The maximum Gasteiger partial charge on any atom is 0.264 e. The van der Waals surface area contributed by atoms with Crippen LogP contribution in [0, 0.1) is 0 Å². The number of benzene rings is 1. The highest BCUT2D eigenvalue weighted by Gasteiger charge is 2.26. The highest BCUT2D eigenvalue weighted by atomic mass is 32.1. The number of fused-ring (bicyclic) bond motifs is 1. The zero-order valence-electron chi connectivity index (χ0n) is 9.30. The van der Waals surface area contributed by atoms with Crippen LogP contribution in [0.5, 0.6) is 0 Å². The van der Waals surface area contributed by atoms with E-state index < -0.39 is 0 Å². The van der Waals surface area contributed by atoms with E-state index in [-0.39, 0.29) is 12.0 Å². The average Bonchev–Trinajstić information content (AvgIpc) is 2.93. The van der Waals surface area contributed by atoms with Crippen LogP contribution < -0.4 is 0 Å². The standard InChI is InChI=1S/C13H13NO2S/c15-10-5-6-14(8-10)13(16)12-7-9-3-1-2-4-11(9)17-12/h1-4,7,10,15H,5-6,8H2. The molecule has 1 aliphatic rings. The normalized spacial score (nSPS) is 20.1. The summed E-state index contributed by atoms with van der Waals surface area (Å²) in [5.74, 6) is 0.0442. The Bertz CT molecular complexity index is 530. The largest absolute Gasteiger partial charge is 0.391 e. The first-order chi connectivity index (χ1) is 8.24. The van der Waals surface area contributed by atoms with Crippen LogP contribution >= 0.6 is 11.3 Å². The Balaban J connectivity index is 1.90. The second kappa shape index (κ2) is 4.13. The molecule has 0 aliphatic carbocycles. The molecule has 1 N–H and O–H groups in total. The SMILES string of the molecule is O=C(c1cc2ccccc2s1)N1CCC(O)C1. The van der Waals surface area contributed by atoms with E-state index in [1.807, 2.05) is 30.3 Å². The number of thiophene rings is 1. The molecule has 1 aromatic carbocycles. The Labute approximate surface area is 103 Å². The van der Waals surface area contributed by atoms with E-state index in [4.69, 9.17) is 0 Å². The number of rotatable bonds is 1. The molecule has 1 saturated heterocycles. The van der Waals surface area contributed by atoms with E-state index in [0.717, 1.165) is 15.0 Å². The van der Waals surface area contributed by atoms with Gasteiger partial charge in [-0.05, 0) is 23.9 Å². The third-order valence-electron chi connectivity index (χ3n) is 3.09. The van der Waals surface area contributed by atoms with Gasteiger partial charge < -0.3 is 10.0 Å². The summed E-state index contributed by atoms with van der Waals surface area (Å²) in [6.45, 7) is 1.13. The molecule has 88 valence electrons. The van der Waals surface area contributed by atoms with Gasteiger partial charge in [-0.1, -0.05) is 18.2 Å². The zero-order chi connectivity index (χ0) is 11.8. The topological polar surface area (TPSA) is 40.5 Å². The van der Waals surface area contributed by atoms with Crippen molar-refractivity contribution in [3.63, 3.8) is 0 Å². The fraction of sp³-hybridized carbons (Fsp3) is 0.308. The van der Waals surface area contributed by atoms with Gasteiger partial charge in [0.2, 0.25) is 0 Å². The Morgan fingerprint density at radius 2 is 2.24 bits per heavy atom. The monoisotopic (exact) mass is 247 g/mol. The van der Waals surface area contributed by atoms with Crippen LogP contribution in [0.4, 0.5) is 0 Å². The molecule has 4 heteroatoms. The fourth-order valence-electron chi connectivity index (χ4n) is 2.17. The number of β-amino-alcohol motifs (C(OH)–C–C–N with tert-alkyl or cyclic N) is 1. The summed E-state index contributed by atoms with van der Waals surface area (Å²) < 4.78 is 1.13. The Kier molecular flexibility index (Phi) is 2.61. The number of amides is 1. The van der Waals surface area contributed by atoms with Crippen LogP contribution in [0.25, 0.3) is 10.1 Å². The van der Waals surface area contributed by atoms with Crippen molar-refractivity contribution in [3.05, 3.63) is 35.2 Å². The van der Waals surface area contributed by atoms with Gasteiger partial charge in [-0.25, -0.2) is 0 Å². The lowest BCUT2D eigenvalue weighted by atomic mass is 10.2. The molecular formula is C13H13NO2S. The molecule has 0 spiro atoms. The van der Waals surface area contributed by atoms with E-state index in [1.54, 1.807) is 4.90 Å². The third kappa shape index (κ3) is 1.94. The van der Waals surface area contributed by atoms with E-state index in [1.165, 1.54) is 11.3 Å². The van der Waals surface area contributed by atoms with Crippen LogP contribution in [0.2, 0.25) is 0 Å². The predicted molar refractivity (Wildman–Crippen MR) is 68.4 cm³/mol. The van der Waals surface area contributed by atoms with Gasteiger partial charge in [0.25, 0.3) is 5.91 Å². The van der Waals surface area contributed by atoms with Gasteiger partial charge in [-0.3, -0.25) is 4.79 Å². The number of aliphatic hydroxyl groups is 1. The first-order valence-corrected chi connectivity index (χ1v) is 6.51. The summed E-state index contributed by atoms with van der Waals surface area (Å²) in [6, 6.07) is 9.93. The maximum atomic E-state index is 12.2. The molecule has 1 aromatic heterocycles. The van der Waals surface area contributed by atoms with Crippen LogP contribution in [0.3, 0.4) is 0 Å². The van der Waals surface area contributed by atoms with Gasteiger partial charge in [0.1, 0.15) is 0 Å². The van der Waals surface area contributed by atoms with Crippen molar-refractivity contribution in [2.24, 2.45) is 0 Å². The van der Waals surface area contributed by atoms with Crippen molar-refractivity contribution < 1.29 is 9.90 Å². The highest BCUT2D eigenvalue weighted by Crippen LogP contribution is 2.27. The number of likely N-dealkylation sites (tertiary alicyclic amines) is 1. The quantitative estimate of drug-likeness (QED) is 0.838. The van der Waals surface area contributed by atoms with Gasteiger partial charge in [-0.2, -0.15) is 0 Å². The van der Waals surface area contributed by atoms with Gasteiger partial charge >= 0.3 is 0 Å². The maximum absolute atomic E-state index is 12.2. The van der Waals surface area contributed by atoms with Crippen molar-refractivity contribution in [2.45, 2.75) is 12.5 Å². The van der Waals surface area contributed by atoms with Gasteiger partial charge in [0.15, 0.2) is 0 Å². The summed E-state index contributed by atoms with van der Waals surface area (Å²) in [5.41, 5.74) is 0. The van der Waals surface area contributed by atoms with E-state index in [2.05, 4.69) is 0 Å². The molecular weight excluding hydrogens is 234 g/mol. The molecule has 0 saturated carbocycles. The minimum Gasteiger partial charge on any atom is -0.391 e. The summed E-state index contributed by atoms with van der Waals surface area (Å²) in [4.78, 5) is 14.7. The molecule has 3 nitrogen and oxygen atoms in total. The average molecular weight is 247 g/mol. The molecule has 1 unspecified atom stereocenters. The number of aliphatic hydroxyl groups excluding tert-OH is 1. The van der Waals surface area contributed by atoms with Gasteiger partial charge in [-0.15, -0.1) is 11.3 Å². The second-order valence-electron chi connectivity index (χ2n) is 4.34. The minimum absolute atomic E-state index is 0.0442. The van der Waals surface area contributed by atoms with Crippen molar-refractivity contribution in [3.8, 4) is 0 Å². The Morgan fingerprint density at radius 3 is 2.94 bits per heavy atom. The summed E-state index contributed by atoms with van der Waals surface area (Å²) in [5, 5.41) is 10.6. The zero-order valence-corrected chi connectivity index (χ0v) is 10.1. The van der Waals surface area contributed by atoms with E-state index >= 15 is 0 Å². The molecule has 2 aromatic rings. The summed E-state index contributed by atoms with van der Waals surface area (Å²) >= 11 is 1.52. The molecule has 1 fully saturated rings. The predicted octanol–water partition coefficient (Wildman–Crippen LogP) is 2.11. The van der Waals surface area contributed by atoms with Crippen LogP contribution in [-0.2, 0) is 0 Å². The second-order valence-corrected chi connectivity index (χ2v) is 5.43. The highest BCUT2D eigenvalue weighted by molar-refractivity contribution is 7.20. The number of nitrogens with zero attached hydrogens (tertiary/aromatic N) is 1. The molecule has 0 bridgehead atoms. The minimum atomic E-state index is -0.353. The lowest BCUT2D eigenvalue weighted by Gasteiger charge is -2.13. The summed E-state index contributed by atoms with van der Waals surface area (Å²) in [7, 11) is 0. The van der Waals surface area contributed by atoms with Crippen LogP contribution in [0.1, 0.15) is 16.1 Å². The number of hydrogen-bond acceptors (Lipinski definition) is 3. The smallest absolute Gasteiger partial charge is 0.264 e. The van der Waals surface area contributed by atoms with Crippen molar-refractivity contribution in [1.82, 2.24) is 4.90 Å². The first-order valence-electron chi connectivity index (χ1n) is 5.70. The first kappa shape index (κ1) is 10.7. The Morgan fingerprint density at radius 1 is 1.41 bits per heavy atom. The van der Waals surface area contributed by atoms with Crippen molar-refractivity contribution in [1.29, 1.82) is 0 Å². The number of carbonyl (C=O) groups excluding carboxylic acids is 1. The van der Waals surface area contributed by atoms with Crippen LogP contribution in [-0.4, -0.2) is 35.1 Å². The van der Waals surface area contributed by atoms with Crippen molar-refractivity contribution in [2.75, 3.05) is 13.1 Å². The Hall–Kier alpha value is -1.39. The lowest BCUT2D eigenvalue weighted by Crippen LogP contribution is -2.28. The number of carbonyl (C=O) groups is 1. The molecule has 2 heterocycles. The number of hydrogen-bond donors (Lipinski definition) is 1. The molecule has 1 amide bonds. The third-order valence-corrected chi connectivity index (χ3v) is 4.19. The molecule has 1 aliphatic heterocycles. The van der Waals surface area contributed by atoms with Gasteiger partial charge in [0, 0.05) is 17.8 Å². The van der Waals surface area contributed by atoms with Crippen LogP contribution in [0.15, 0.2) is 30.3 Å². The van der Waals surface area contributed by atoms with Crippen molar-refractivity contribution >= 4 is 27.3 Å². The van der Waals surface area contributed by atoms with Gasteiger partial charge in [0.05, 0.1) is 11.0 Å². The lowest BCUT2D eigenvalue weighted by molar-refractivity contribution is 0.0770. The van der Waals surface area contributed by atoms with E-state index in [9.17, 15) is 9.90 Å². The van der Waals surface area contributed by atoms with E-state index in [0.29, 0.717) is 19.5 Å². The molecule has 17 heavy (non-hydrogen) atoms. The summed E-state index contributed by atoms with van der Waals surface area (Å²) in [6.07, 6.45) is 0.338. The molecule has 0 radical (unpaired) electrons. The fourth-order valence-corrected chi connectivity index (χ4v) is 3.20.